The van der Waals surface area contributed by atoms with Gasteiger partial charge in [-0.2, -0.15) is 0 Å². The first-order valence-corrected chi connectivity index (χ1v) is 8.82. The van der Waals surface area contributed by atoms with Crippen LogP contribution in [0.15, 0.2) is 23.3 Å². The highest BCUT2D eigenvalue weighted by Crippen LogP contribution is 2.21. The van der Waals surface area contributed by atoms with Gasteiger partial charge in [0.25, 0.3) is 0 Å². The van der Waals surface area contributed by atoms with Crippen LogP contribution in [0.3, 0.4) is 0 Å². The normalized spacial score (nSPS) is 16.1. The van der Waals surface area contributed by atoms with Crippen molar-refractivity contribution in [3.05, 3.63) is 29.0 Å². The highest BCUT2D eigenvalue weighted by atomic mass is 35.5. The molecular formula is C17H28ClN5. The zero-order chi connectivity index (χ0) is 16.5. The van der Waals surface area contributed by atoms with Crippen molar-refractivity contribution in [1.82, 2.24) is 20.5 Å². The van der Waals surface area contributed by atoms with Crippen molar-refractivity contribution in [3.8, 4) is 0 Å². The Bertz CT molecular complexity index is 482. The van der Waals surface area contributed by atoms with Crippen molar-refractivity contribution in [2.75, 3.05) is 33.7 Å². The van der Waals surface area contributed by atoms with E-state index in [-0.39, 0.29) is 0 Å². The summed E-state index contributed by atoms with van der Waals surface area (Å²) in [5, 5.41) is 7.25. The molecule has 2 rings (SSSR count). The van der Waals surface area contributed by atoms with Crippen LogP contribution in [-0.4, -0.2) is 55.6 Å². The van der Waals surface area contributed by atoms with E-state index < -0.39 is 0 Å². The van der Waals surface area contributed by atoms with E-state index in [1.807, 2.05) is 18.3 Å². The molecule has 5 nitrogen and oxygen atoms in total. The van der Waals surface area contributed by atoms with Gasteiger partial charge in [0, 0.05) is 38.9 Å². The second-order valence-corrected chi connectivity index (χ2v) is 6.47. The maximum Gasteiger partial charge on any atom is 0.191 e. The molecule has 23 heavy (non-hydrogen) atoms. The van der Waals surface area contributed by atoms with Gasteiger partial charge in [-0.25, -0.2) is 4.98 Å². The van der Waals surface area contributed by atoms with Crippen LogP contribution in [0.25, 0.3) is 0 Å². The maximum atomic E-state index is 5.79. The Labute approximate surface area is 144 Å². The van der Waals surface area contributed by atoms with Crippen LogP contribution in [0.5, 0.6) is 0 Å². The number of aromatic nitrogens is 1. The molecule has 1 aliphatic rings. The molecule has 1 aromatic rings. The predicted molar refractivity (Wildman–Crippen MR) is 97.2 cm³/mol. The average Bonchev–Trinajstić information content (AvgIpc) is 3.09. The van der Waals surface area contributed by atoms with Crippen LogP contribution >= 0.6 is 11.6 Å². The Morgan fingerprint density at radius 1 is 1.30 bits per heavy atom. The first-order chi connectivity index (χ1) is 11.2. The van der Waals surface area contributed by atoms with E-state index in [9.17, 15) is 0 Å². The smallest absolute Gasteiger partial charge is 0.191 e. The third-order valence-electron chi connectivity index (χ3n) is 4.42. The van der Waals surface area contributed by atoms with Crippen molar-refractivity contribution in [2.45, 2.75) is 38.1 Å². The molecule has 6 heteroatoms. The Morgan fingerprint density at radius 3 is 2.70 bits per heavy atom. The van der Waals surface area contributed by atoms with E-state index in [0.29, 0.717) is 5.15 Å². The number of likely N-dealkylation sites (N-methyl/N-ethyl adjacent to an activating group) is 1. The lowest BCUT2D eigenvalue weighted by Gasteiger charge is -2.24. The van der Waals surface area contributed by atoms with Crippen molar-refractivity contribution in [1.29, 1.82) is 0 Å². The molecule has 0 amide bonds. The van der Waals surface area contributed by atoms with Gasteiger partial charge in [-0.1, -0.05) is 30.5 Å². The maximum absolute atomic E-state index is 5.79. The minimum absolute atomic E-state index is 0.533. The fourth-order valence-corrected chi connectivity index (χ4v) is 3.09. The van der Waals surface area contributed by atoms with Crippen LogP contribution < -0.4 is 10.6 Å². The highest BCUT2D eigenvalue weighted by Gasteiger charge is 2.18. The number of guanidine groups is 1. The quantitative estimate of drug-likeness (QED) is 0.455. The summed E-state index contributed by atoms with van der Waals surface area (Å²) in [4.78, 5) is 10.8. The van der Waals surface area contributed by atoms with E-state index in [2.05, 4.69) is 32.6 Å². The molecule has 1 aromatic heterocycles. The summed E-state index contributed by atoms with van der Waals surface area (Å²) in [5.41, 5.74) is 1.17. The second kappa shape index (κ2) is 9.73. The fourth-order valence-electron chi connectivity index (χ4n) is 2.98. The molecule has 0 aromatic carbocycles. The molecule has 1 saturated carbocycles. The molecule has 2 N–H and O–H groups in total. The summed E-state index contributed by atoms with van der Waals surface area (Å²) in [7, 11) is 4.03. The lowest BCUT2D eigenvalue weighted by molar-refractivity contribution is 0.249. The summed E-state index contributed by atoms with van der Waals surface area (Å²) in [6, 6.07) is 4.59. The molecular weight excluding hydrogens is 310 g/mol. The van der Waals surface area contributed by atoms with Gasteiger partial charge >= 0.3 is 0 Å². The summed E-state index contributed by atoms with van der Waals surface area (Å²) < 4.78 is 0. The van der Waals surface area contributed by atoms with Crippen LogP contribution in [0, 0.1) is 0 Å². The van der Waals surface area contributed by atoms with Gasteiger partial charge in [-0.15, -0.1) is 0 Å². The molecule has 0 spiro atoms. The zero-order valence-corrected chi connectivity index (χ0v) is 14.9. The third kappa shape index (κ3) is 6.36. The topological polar surface area (TPSA) is 52.6 Å². The number of hydrogen-bond donors (Lipinski definition) is 2. The molecule has 1 aliphatic carbocycles. The monoisotopic (exact) mass is 337 g/mol. The van der Waals surface area contributed by atoms with Gasteiger partial charge < -0.3 is 15.5 Å². The number of rotatable bonds is 7. The van der Waals surface area contributed by atoms with E-state index in [1.165, 1.54) is 31.2 Å². The standard InChI is InChI=1S/C17H28ClN5/c1-19-17(20-10-9-14-7-8-16(18)22-13-14)21-11-12-23(2)15-5-3-4-6-15/h7-8,13,15H,3-6,9-12H2,1-2H3,(H2,19,20,21). The van der Waals surface area contributed by atoms with Crippen molar-refractivity contribution in [3.63, 3.8) is 0 Å². The van der Waals surface area contributed by atoms with Gasteiger partial charge in [0.1, 0.15) is 5.15 Å². The molecule has 0 aliphatic heterocycles. The Hall–Kier alpha value is -1.33. The molecule has 0 unspecified atom stereocenters. The van der Waals surface area contributed by atoms with E-state index in [1.54, 1.807) is 7.05 Å². The van der Waals surface area contributed by atoms with Crippen molar-refractivity contribution >= 4 is 17.6 Å². The van der Waals surface area contributed by atoms with Crippen molar-refractivity contribution in [2.24, 2.45) is 4.99 Å². The predicted octanol–water partition coefficient (Wildman–Crippen LogP) is 2.32. The van der Waals surface area contributed by atoms with Gasteiger partial charge in [0.2, 0.25) is 0 Å². The molecule has 128 valence electrons. The number of pyridine rings is 1. The average molecular weight is 338 g/mol. The zero-order valence-electron chi connectivity index (χ0n) is 14.2. The first-order valence-electron chi connectivity index (χ1n) is 8.44. The number of nitrogens with zero attached hydrogens (tertiary/aromatic N) is 3. The molecule has 1 fully saturated rings. The third-order valence-corrected chi connectivity index (χ3v) is 4.65. The Morgan fingerprint density at radius 2 is 2.04 bits per heavy atom. The van der Waals surface area contributed by atoms with Crippen LogP contribution in [0.1, 0.15) is 31.2 Å². The lowest BCUT2D eigenvalue weighted by Crippen LogP contribution is -2.43. The molecule has 0 radical (unpaired) electrons. The van der Waals surface area contributed by atoms with Crippen molar-refractivity contribution < 1.29 is 0 Å². The Balaban J connectivity index is 1.62. The van der Waals surface area contributed by atoms with Gasteiger partial charge in [0.15, 0.2) is 5.96 Å². The van der Waals surface area contributed by atoms with Gasteiger partial charge in [-0.3, -0.25) is 4.99 Å². The largest absolute Gasteiger partial charge is 0.356 e. The number of hydrogen-bond acceptors (Lipinski definition) is 3. The van der Waals surface area contributed by atoms with Crippen LogP contribution in [0.4, 0.5) is 0 Å². The van der Waals surface area contributed by atoms with Crippen LogP contribution in [-0.2, 0) is 6.42 Å². The summed E-state index contributed by atoms with van der Waals surface area (Å²) >= 11 is 5.79. The summed E-state index contributed by atoms with van der Waals surface area (Å²) in [6.45, 7) is 2.78. The number of aliphatic imine (C=N–C) groups is 1. The molecule has 1 heterocycles. The highest BCUT2D eigenvalue weighted by molar-refractivity contribution is 6.29. The molecule has 0 atom stereocenters. The summed E-state index contributed by atoms with van der Waals surface area (Å²) in [6.07, 6.45) is 8.16. The number of nitrogens with one attached hydrogen (secondary N) is 2. The minimum atomic E-state index is 0.533. The fraction of sp³-hybridized carbons (Fsp3) is 0.647. The summed E-state index contributed by atoms with van der Waals surface area (Å²) in [5.74, 6) is 0.853. The molecule has 0 bridgehead atoms. The number of halogens is 1. The van der Waals surface area contributed by atoms with Gasteiger partial charge in [-0.05, 0) is 37.9 Å². The van der Waals surface area contributed by atoms with E-state index in [4.69, 9.17) is 11.6 Å². The SMILES string of the molecule is CN=C(NCCc1ccc(Cl)nc1)NCCN(C)C1CCCC1. The molecule has 0 saturated heterocycles. The van der Waals surface area contributed by atoms with Crippen LogP contribution in [0.2, 0.25) is 5.15 Å². The first kappa shape index (κ1) is 18.0. The van der Waals surface area contributed by atoms with E-state index >= 15 is 0 Å². The Kier molecular flexibility index (Phi) is 7.62. The minimum Gasteiger partial charge on any atom is -0.356 e. The van der Waals surface area contributed by atoms with Gasteiger partial charge in [0.05, 0.1) is 0 Å². The van der Waals surface area contributed by atoms with E-state index in [0.717, 1.165) is 38.1 Å². The lowest BCUT2D eigenvalue weighted by atomic mass is 10.2. The second-order valence-electron chi connectivity index (χ2n) is 6.08.